The molecule has 4 rings (SSSR count). The molecule has 1 unspecified atom stereocenters. The number of esters is 1. The van der Waals surface area contributed by atoms with Gasteiger partial charge in [0, 0.05) is 22.6 Å². The van der Waals surface area contributed by atoms with E-state index in [0.29, 0.717) is 40.8 Å². The molecule has 1 aromatic heterocycles. The lowest BCUT2D eigenvalue weighted by Gasteiger charge is -2.15. The first kappa shape index (κ1) is 28.7. The number of nitrogens with zero attached hydrogens (tertiary/aromatic N) is 1. The third kappa shape index (κ3) is 7.01. The van der Waals surface area contributed by atoms with E-state index in [-0.39, 0.29) is 12.4 Å². The van der Waals surface area contributed by atoms with Crippen LogP contribution in [0.2, 0.25) is 5.02 Å². The number of benzene rings is 3. The summed E-state index contributed by atoms with van der Waals surface area (Å²) in [6.45, 7) is 5.63. The Morgan fingerprint density at radius 2 is 1.77 bits per heavy atom. The number of amides is 1. The molecule has 1 atom stereocenters. The monoisotopic (exact) mass is 562 g/mol. The van der Waals surface area contributed by atoms with Crippen LogP contribution >= 0.6 is 11.6 Å². The first-order chi connectivity index (χ1) is 19.3. The van der Waals surface area contributed by atoms with Crippen molar-refractivity contribution in [3.63, 3.8) is 0 Å². The molecule has 0 saturated carbocycles. The molecule has 4 aromatic rings. The van der Waals surface area contributed by atoms with E-state index >= 15 is 0 Å². The number of carbonyl (C=O) groups is 2. The lowest BCUT2D eigenvalue weighted by Crippen LogP contribution is -2.17. The highest BCUT2D eigenvalue weighted by Crippen LogP contribution is 2.33. The van der Waals surface area contributed by atoms with Gasteiger partial charge >= 0.3 is 12.1 Å². The van der Waals surface area contributed by atoms with Crippen LogP contribution in [0.15, 0.2) is 71.3 Å². The van der Waals surface area contributed by atoms with Gasteiger partial charge in [0.2, 0.25) is 0 Å². The summed E-state index contributed by atoms with van der Waals surface area (Å²) in [5, 5.41) is 7.32. The SMILES string of the molecule is CCOC(=O)Cc1ccc(OC)c(Cc2ccc(-c3onc(C)c3NC(=O)OC(C)c3ccccc3Cl)cc2)c1. The fourth-order valence-electron chi connectivity index (χ4n) is 4.33. The lowest BCUT2D eigenvalue weighted by molar-refractivity contribution is -0.142. The first-order valence-corrected chi connectivity index (χ1v) is 13.3. The average molecular weight is 563 g/mol. The minimum absolute atomic E-state index is 0.198. The van der Waals surface area contributed by atoms with Gasteiger partial charge in [-0.05, 0) is 49.6 Å². The summed E-state index contributed by atoms with van der Waals surface area (Å²) >= 11 is 6.23. The minimum Gasteiger partial charge on any atom is -0.496 e. The number of hydrogen-bond acceptors (Lipinski definition) is 7. The number of aryl methyl sites for hydroxylation is 1. The number of nitrogens with one attached hydrogen (secondary N) is 1. The normalized spacial score (nSPS) is 11.5. The summed E-state index contributed by atoms with van der Waals surface area (Å²) in [7, 11) is 1.62. The maximum absolute atomic E-state index is 12.7. The zero-order valence-corrected chi connectivity index (χ0v) is 23.6. The van der Waals surface area contributed by atoms with Crippen molar-refractivity contribution in [3.8, 4) is 17.1 Å². The topological polar surface area (TPSA) is 99.9 Å². The number of rotatable bonds is 10. The molecule has 0 bridgehead atoms. The largest absolute Gasteiger partial charge is 0.496 e. The highest BCUT2D eigenvalue weighted by atomic mass is 35.5. The predicted octanol–water partition coefficient (Wildman–Crippen LogP) is 7.32. The number of methoxy groups -OCH3 is 1. The van der Waals surface area contributed by atoms with Crippen LogP contribution in [0.25, 0.3) is 11.3 Å². The molecule has 9 heteroatoms. The van der Waals surface area contributed by atoms with Gasteiger partial charge in [-0.1, -0.05) is 71.4 Å². The Balaban J connectivity index is 1.47. The van der Waals surface area contributed by atoms with Gasteiger partial charge in [-0.25, -0.2) is 4.79 Å². The van der Waals surface area contributed by atoms with Gasteiger partial charge in [-0.15, -0.1) is 0 Å². The van der Waals surface area contributed by atoms with Crippen LogP contribution in [-0.2, 0) is 27.1 Å². The molecule has 0 fully saturated rings. The van der Waals surface area contributed by atoms with Gasteiger partial charge in [-0.2, -0.15) is 0 Å². The number of halogens is 1. The van der Waals surface area contributed by atoms with E-state index < -0.39 is 12.2 Å². The summed E-state index contributed by atoms with van der Waals surface area (Å²) in [6.07, 6.45) is -0.410. The number of hydrogen-bond donors (Lipinski definition) is 1. The highest BCUT2D eigenvalue weighted by molar-refractivity contribution is 6.31. The van der Waals surface area contributed by atoms with Crippen LogP contribution in [0.1, 0.15) is 47.9 Å². The van der Waals surface area contributed by atoms with Crippen LogP contribution in [-0.4, -0.2) is 30.9 Å². The van der Waals surface area contributed by atoms with E-state index in [2.05, 4.69) is 10.5 Å². The molecule has 40 heavy (non-hydrogen) atoms. The van der Waals surface area contributed by atoms with E-state index in [4.69, 9.17) is 30.3 Å². The second kappa shape index (κ2) is 13.2. The van der Waals surface area contributed by atoms with Crippen molar-refractivity contribution in [1.29, 1.82) is 0 Å². The van der Waals surface area contributed by atoms with Crippen molar-refractivity contribution in [2.45, 2.75) is 39.7 Å². The molecule has 0 saturated heterocycles. The first-order valence-electron chi connectivity index (χ1n) is 12.9. The third-order valence-electron chi connectivity index (χ3n) is 6.33. The zero-order chi connectivity index (χ0) is 28.6. The molecule has 1 amide bonds. The molecular formula is C31H31ClN2O6. The Labute approximate surface area is 238 Å². The average Bonchev–Trinajstić information content (AvgIpc) is 3.29. The van der Waals surface area contributed by atoms with Gasteiger partial charge in [0.25, 0.3) is 0 Å². The van der Waals surface area contributed by atoms with Crippen LogP contribution in [0, 0.1) is 6.92 Å². The Morgan fingerprint density at radius 3 is 2.48 bits per heavy atom. The van der Waals surface area contributed by atoms with Gasteiger partial charge in [-0.3, -0.25) is 10.1 Å². The molecular weight excluding hydrogens is 532 g/mol. The van der Waals surface area contributed by atoms with E-state index in [0.717, 1.165) is 28.0 Å². The number of ether oxygens (including phenoxy) is 3. The molecule has 3 aromatic carbocycles. The van der Waals surface area contributed by atoms with Gasteiger partial charge in [0.15, 0.2) is 5.76 Å². The van der Waals surface area contributed by atoms with Crippen molar-refractivity contribution in [2.75, 3.05) is 19.0 Å². The van der Waals surface area contributed by atoms with Gasteiger partial charge in [0.05, 0.1) is 20.1 Å². The van der Waals surface area contributed by atoms with E-state index in [1.807, 2.05) is 60.7 Å². The van der Waals surface area contributed by atoms with Crippen molar-refractivity contribution < 1.29 is 28.3 Å². The smallest absolute Gasteiger partial charge is 0.412 e. The minimum atomic E-state index is -0.647. The molecule has 1 N–H and O–H groups in total. The van der Waals surface area contributed by atoms with Crippen molar-refractivity contribution >= 4 is 29.4 Å². The molecule has 0 aliphatic rings. The van der Waals surface area contributed by atoms with Gasteiger partial charge in [0.1, 0.15) is 23.2 Å². The maximum Gasteiger partial charge on any atom is 0.412 e. The number of carbonyl (C=O) groups excluding carboxylic acids is 2. The molecule has 1 heterocycles. The lowest BCUT2D eigenvalue weighted by atomic mass is 9.99. The Hall–Kier alpha value is -4.30. The fourth-order valence-corrected chi connectivity index (χ4v) is 4.62. The third-order valence-corrected chi connectivity index (χ3v) is 6.67. The standard InChI is InChI=1S/C31H31ClN2O6/c1-5-38-28(35)18-22-12-15-27(37-4)24(17-22)16-21-10-13-23(14-11-21)30-29(19(2)34-40-30)33-31(36)39-20(3)25-8-6-7-9-26(25)32/h6-15,17,20H,5,16,18H2,1-4H3,(H,33,36). The quantitative estimate of drug-likeness (QED) is 0.202. The molecule has 0 spiro atoms. The van der Waals surface area contributed by atoms with Crippen molar-refractivity contribution in [3.05, 3.63) is 99.7 Å². The highest BCUT2D eigenvalue weighted by Gasteiger charge is 2.21. The van der Waals surface area contributed by atoms with Gasteiger partial charge < -0.3 is 18.7 Å². The summed E-state index contributed by atoms with van der Waals surface area (Å²) in [5.74, 6) is 0.885. The van der Waals surface area contributed by atoms with Crippen molar-refractivity contribution in [2.24, 2.45) is 0 Å². The molecule has 208 valence electrons. The second-order valence-corrected chi connectivity index (χ2v) is 9.58. The summed E-state index contributed by atoms with van der Waals surface area (Å²) in [4.78, 5) is 24.6. The van der Waals surface area contributed by atoms with Crippen molar-refractivity contribution in [1.82, 2.24) is 5.16 Å². The second-order valence-electron chi connectivity index (χ2n) is 9.17. The van der Waals surface area contributed by atoms with E-state index in [1.165, 1.54) is 0 Å². The summed E-state index contributed by atoms with van der Waals surface area (Å²) < 4.78 is 21.7. The van der Waals surface area contributed by atoms with E-state index in [9.17, 15) is 9.59 Å². The molecule has 0 aliphatic heterocycles. The Kier molecular flexibility index (Phi) is 9.45. The maximum atomic E-state index is 12.7. The van der Waals surface area contributed by atoms with Crippen LogP contribution in [0.3, 0.4) is 0 Å². The Bertz CT molecular complexity index is 1480. The number of anilines is 1. The van der Waals surface area contributed by atoms with E-state index in [1.54, 1.807) is 33.9 Å². The summed E-state index contributed by atoms with van der Waals surface area (Å²) in [6, 6.07) is 20.6. The fraction of sp³-hybridized carbons (Fsp3) is 0.258. The summed E-state index contributed by atoms with van der Waals surface area (Å²) in [5.41, 5.74) is 5.22. The molecule has 0 aliphatic carbocycles. The Morgan fingerprint density at radius 1 is 1.05 bits per heavy atom. The van der Waals surface area contributed by atoms with Crippen LogP contribution in [0.4, 0.5) is 10.5 Å². The molecule has 8 nitrogen and oxygen atoms in total. The van der Waals surface area contributed by atoms with Crippen LogP contribution < -0.4 is 10.1 Å². The molecule has 0 radical (unpaired) electrons. The zero-order valence-electron chi connectivity index (χ0n) is 22.8. The van der Waals surface area contributed by atoms with Crippen LogP contribution in [0.5, 0.6) is 5.75 Å². The number of aromatic nitrogens is 1. The predicted molar refractivity (Wildman–Crippen MR) is 153 cm³/mol.